The molecule has 0 bridgehead atoms. The Balaban J connectivity index is 1.80. The Morgan fingerprint density at radius 3 is 2.25 bits per heavy atom. The van der Waals surface area contributed by atoms with Gasteiger partial charge in [0.25, 0.3) is 0 Å². The molecular formula is C28H30ClNO2. The van der Waals surface area contributed by atoms with Crippen molar-refractivity contribution in [2.45, 2.75) is 44.1 Å². The van der Waals surface area contributed by atoms with Crippen LogP contribution in [0.5, 0.6) is 0 Å². The topological polar surface area (TPSA) is 38.3 Å². The Hall–Kier alpha value is -2.62. The maximum Gasteiger partial charge on any atom is 0.307 e. The minimum absolute atomic E-state index is 0.207. The Labute approximate surface area is 195 Å². The fraction of sp³-hybridized carbons (Fsp3) is 0.321. The van der Waals surface area contributed by atoms with Crippen LogP contribution >= 0.6 is 11.6 Å². The molecule has 1 atom stereocenters. The van der Waals surface area contributed by atoms with Gasteiger partial charge in [0.2, 0.25) is 0 Å². The number of esters is 1. The second-order valence-electron chi connectivity index (χ2n) is 8.33. The molecule has 3 aromatic carbocycles. The Morgan fingerprint density at radius 1 is 0.969 bits per heavy atom. The van der Waals surface area contributed by atoms with Gasteiger partial charge in [-0.25, -0.2) is 0 Å². The molecule has 1 fully saturated rings. The fourth-order valence-corrected chi connectivity index (χ4v) is 4.84. The first-order valence-corrected chi connectivity index (χ1v) is 11.8. The summed E-state index contributed by atoms with van der Waals surface area (Å²) in [7, 11) is 0. The molecule has 3 nitrogen and oxygen atoms in total. The van der Waals surface area contributed by atoms with Crippen LogP contribution in [0.25, 0.3) is 0 Å². The van der Waals surface area contributed by atoms with Gasteiger partial charge in [-0.2, -0.15) is 0 Å². The quantitative estimate of drug-likeness (QED) is 0.303. The zero-order valence-electron chi connectivity index (χ0n) is 18.5. The van der Waals surface area contributed by atoms with Crippen LogP contribution in [0.2, 0.25) is 5.02 Å². The standard InChI is InChI=1S/C28H30ClNO2/c1-2-32-27(31)19-20-30-28(23-11-4-3-5-12-23,25-13-6-7-14-26(25)29)24-17-15-22(16-18-24)21-9-8-10-21/h3-7,11-18,21,30H,2,8-10,19-20H2,1H3. The van der Waals surface area contributed by atoms with Crippen LogP contribution in [-0.2, 0) is 15.1 Å². The zero-order chi connectivity index (χ0) is 22.4. The molecule has 1 aliphatic rings. The molecule has 3 aromatic rings. The largest absolute Gasteiger partial charge is 0.466 e. The lowest BCUT2D eigenvalue weighted by molar-refractivity contribution is -0.143. The average molecular weight is 448 g/mol. The van der Waals surface area contributed by atoms with Crippen molar-refractivity contribution >= 4 is 17.6 Å². The summed E-state index contributed by atoms with van der Waals surface area (Å²) in [6.45, 7) is 2.67. The number of benzene rings is 3. The van der Waals surface area contributed by atoms with Crippen molar-refractivity contribution in [2.75, 3.05) is 13.2 Å². The van der Waals surface area contributed by atoms with E-state index >= 15 is 0 Å². The van der Waals surface area contributed by atoms with Gasteiger partial charge in [-0.1, -0.05) is 90.8 Å². The molecule has 0 heterocycles. The first-order valence-electron chi connectivity index (χ1n) is 11.5. The van der Waals surface area contributed by atoms with Gasteiger partial charge in [0, 0.05) is 11.6 Å². The highest BCUT2D eigenvalue weighted by Crippen LogP contribution is 2.42. The monoisotopic (exact) mass is 447 g/mol. The summed E-state index contributed by atoms with van der Waals surface area (Å²) < 4.78 is 5.15. The van der Waals surface area contributed by atoms with Crippen LogP contribution < -0.4 is 5.32 Å². The molecule has 0 spiro atoms. The lowest BCUT2D eigenvalue weighted by Crippen LogP contribution is -2.45. The number of halogens is 1. The molecule has 1 unspecified atom stereocenters. The maximum absolute atomic E-state index is 12.1. The van der Waals surface area contributed by atoms with Crippen molar-refractivity contribution in [3.63, 3.8) is 0 Å². The van der Waals surface area contributed by atoms with E-state index in [2.05, 4.69) is 47.8 Å². The minimum Gasteiger partial charge on any atom is -0.466 e. The van der Waals surface area contributed by atoms with Crippen LogP contribution in [0.3, 0.4) is 0 Å². The van der Waals surface area contributed by atoms with Crippen molar-refractivity contribution in [1.82, 2.24) is 5.32 Å². The van der Waals surface area contributed by atoms with E-state index in [0.29, 0.717) is 24.1 Å². The minimum atomic E-state index is -0.690. The van der Waals surface area contributed by atoms with Gasteiger partial charge < -0.3 is 4.74 Å². The highest BCUT2D eigenvalue weighted by atomic mass is 35.5. The summed E-state index contributed by atoms with van der Waals surface area (Å²) in [4.78, 5) is 12.1. The van der Waals surface area contributed by atoms with Crippen molar-refractivity contribution in [3.8, 4) is 0 Å². The summed E-state index contributed by atoms with van der Waals surface area (Å²) in [5.41, 5.74) is 3.85. The molecular weight excluding hydrogens is 418 g/mol. The lowest BCUT2D eigenvalue weighted by atomic mass is 9.75. The number of nitrogens with one attached hydrogen (secondary N) is 1. The van der Waals surface area contributed by atoms with E-state index in [1.165, 1.54) is 24.8 Å². The number of hydrogen-bond acceptors (Lipinski definition) is 3. The van der Waals surface area contributed by atoms with Gasteiger partial charge in [-0.05, 0) is 54.0 Å². The van der Waals surface area contributed by atoms with Crippen molar-refractivity contribution < 1.29 is 9.53 Å². The summed E-state index contributed by atoms with van der Waals surface area (Å²) in [6, 6.07) is 27.2. The van der Waals surface area contributed by atoms with E-state index < -0.39 is 5.54 Å². The van der Waals surface area contributed by atoms with Gasteiger partial charge in [0.05, 0.1) is 18.6 Å². The van der Waals surface area contributed by atoms with Crippen LogP contribution in [0.4, 0.5) is 0 Å². The molecule has 0 aromatic heterocycles. The normalized spacial score (nSPS) is 15.6. The number of ether oxygens (including phenoxy) is 1. The average Bonchev–Trinajstić information content (AvgIpc) is 2.78. The molecule has 0 amide bonds. The Kier molecular flexibility index (Phi) is 7.29. The molecule has 166 valence electrons. The highest BCUT2D eigenvalue weighted by molar-refractivity contribution is 6.31. The van der Waals surface area contributed by atoms with Gasteiger partial charge in [0.15, 0.2) is 0 Å². The first kappa shape index (κ1) is 22.6. The summed E-state index contributed by atoms with van der Waals surface area (Å²) in [6.07, 6.45) is 4.14. The molecule has 1 saturated carbocycles. The van der Waals surface area contributed by atoms with Crippen molar-refractivity contribution in [3.05, 3.63) is 106 Å². The summed E-state index contributed by atoms with van der Waals surface area (Å²) in [5.74, 6) is 0.466. The molecule has 32 heavy (non-hydrogen) atoms. The van der Waals surface area contributed by atoms with Gasteiger partial charge in [-0.3, -0.25) is 10.1 Å². The van der Waals surface area contributed by atoms with E-state index in [9.17, 15) is 4.79 Å². The predicted octanol–water partition coefficient (Wildman–Crippen LogP) is 6.44. The second-order valence-corrected chi connectivity index (χ2v) is 8.73. The Morgan fingerprint density at radius 2 is 1.62 bits per heavy atom. The van der Waals surface area contributed by atoms with Crippen LogP contribution in [0.1, 0.15) is 60.8 Å². The van der Waals surface area contributed by atoms with Gasteiger partial charge in [-0.15, -0.1) is 0 Å². The number of hydrogen-bond donors (Lipinski definition) is 1. The third-order valence-corrected chi connectivity index (χ3v) is 6.76. The Bertz CT molecular complexity index is 1030. The molecule has 1 N–H and O–H groups in total. The third-order valence-electron chi connectivity index (χ3n) is 6.43. The summed E-state index contributed by atoms with van der Waals surface area (Å²) >= 11 is 6.78. The number of carbonyl (C=O) groups excluding carboxylic acids is 1. The zero-order valence-corrected chi connectivity index (χ0v) is 19.3. The molecule has 0 aliphatic heterocycles. The fourth-order valence-electron chi connectivity index (χ4n) is 4.56. The van der Waals surface area contributed by atoms with Crippen LogP contribution in [0.15, 0.2) is 78.9 Å². The molecule has 1 aliphatic carbocycles. The van der Waals surface area contributed by atoms with E-state index in [1.807, 2.05) is 43.3 Å². The van der Waals surface area contributed by atoms with Crippen molar-refractivity contribution in [1.29, 1.82) is 0 Å². The lowest BCUT2D eigenvalue weighted by Gasteiger charge is -2.38. The first-order chi connectivity index (χ1) is 15.6. The van der Waals surface area contributed by atoms with E-state index in [0.717, 1.165) is 16.7 Å². The smallest absolute Gasteiger partial charge is 0.307 e. The van der Waals surface area contributed by atoms with E-state index in [-0.39, 0.29) is 12.4 Å². The predicted molar refractivity (Wildman–Crippen MR) is 130 cm³/mol. The molecule has 0 radical (unpaired) electrons. The van der Waals surface area contributed by atoms with Crippen molar-refractivity contribution in [2.24, 2.45) is 0 Å². The molecule has 0 saturated heterocycles. The highest BCUT2D eigenvalue weighted by Gasteiger charge is 2.37. The second kappa shape index (κ2) is 10.3. The molecule has 4 rings (SSSR count). The van der Waals surface area contributed by atoms with Gasteiger partial charge >= 0.3 is 5.97 Å². The van der Waals surface area contributed by atoms with E-state index in [1.54, 1.807) is 0 Å². The maximum atomic E-state index is 12.1. The summed E-state index contributed by atoms with van der Waals surface area (Å²) in [5, 5.41) is 4.39. The van der Waals surface area contributed by atoms with Crippen LogP contribution in [0, 0.1) is 0 Å². The van der Waals surface area contributed by atoms with Gasteiger partial charge in [0.1, 0.15) is 0 Å². The number of carbonyl (C=O) groups is 1. The molecule has 4 heteroatoms. The van der Waals surface area contributed by atoms with E-state index in [4.69, 9.17) is 16.3 Å². The number of rotatable bonds is 9. The SMILES string of the molecule is CCOC(=O)CCNC(c1ccccc1)(c1ccc(C2CCC2)cc1)c1ccccc1Cl. The van der Waals surface area contributed by atoms with Crippen LogP contribution in [-0.4, -0.2) is 19.1 Å². The third kappa shape index (κ3) is 4.60.